The third-order valence-electron chi connectivity index (χ3n) is 3.36. The summed E-state index contributed by atoms with van der Waals surface area (Å²) in [6.07, 6.45) is 7.50. The minimum absolute atomic E-state index is 0.0313. The molecule has 0 bridgehead atoms. The molecule has 4 heteroatoms. The summed E-state index contributed by atoms with van der Waals surface area (Å²) in [4.78, 5) is 15.8. The lowest BCUT2D eigenvalue weighted by atomic mass is 9.88. The topological polar surface area (TPSA) is 65.2 Å². The van der Waals surface area contributed by atoms with Crippen LogP contribution in [0.1, 0.15) is 43.0 Å². The Labute approximate surface area is 101 Å². The largest absolute Gasteiger partial charge is 0.458 e. The molecule has 0 aliphatic heterocycles. The summed E-state index contributed by atoms with van der Waals surface area (Å²) in [5.41, 5.74) is 6.49. The summed E-state index contributed by atoms with van der Waals surface area (Å²) in [5.74, 6) is 0.111. The highest BCUT2D eigenvalue weighted by Gasteiger charge is 2.25. The lowest BCUT2D eigenvalue weighted by Gasteiger charge is -2.28. The van der Waals surface area contributed by atoms with E-state index in [4.69, 9.17) is 10.5 Å². The van der Waals surface area contributed by atoms with Crippen LogP contribution in [-0.2, 0) is 4.74 Å². The van der Waals surface area contributed by atoms with E-state index in [1.54, 1.807) is 12.3 Å². The second-order valence-corrected chi connectivity index (χ2v) is 4.67. The number of aromatic nitrogens is 1. The molecule has 1 fully saturated rings. The monoisotopic (exact) mass is 234 g/mol. The van der Waals surface area contributed by atoms with Gasteiger partial charge in [0.2, 0.25) is 0 Å². The van der Waals surface area contributed by atoms with Crippen LogP contribution >= 0.6 is 0 Å². The van der Waals surface area contributed by atoms with Crippen molar-refractivity contribution in [1.82, 2.24) is 4.98 Å². The van der Waals surface area contributed by atoms with Crippen molar-refractivity contribution in [3.8, 4) is 0 Å². The van der Waals surface area contributed by atoms with E-state index in [2.05, 4.69) is 11.9 Å². The van der Waals surface area contributed by atoms with Crippen molar-refractivity contribution in [2.45, 2.75) is 38.7 Å². The van der Waals surface area contributed by atoms with Crippen LogP contribution in [0.15, 0.2) is 18.5 Å². The lowest BCUT2D eigenvalue weighted by molar-refractivity contribution is 0.00492. The highest BCUT2D eigenvalue weighted by atomic mass is 16.5. The summed E-state index contributed by atoms with van der Waals surface area (Å²) in [7, 11) is 0. The van der Waals surface area contributed by atoms with E-state index in [-0.39, 0.29) is 12.1 Å². The second-order valence-electron chi connectivity index (χ2n) is 4.67. The Morgan fingerprint density at radius 2 is 2.24 bits per heavy atom. The zero-order valence-corrected chi connectivity index (χ0v) is 10.1. The van der Waals surface area contributed by atoms with Gasteiger partial charge in [0.15, 0.2) is 0 Å². The van der Waals surface area contributed by atoms with Crippen LogP contribution in [0.2, 0.25) is 0 Å². The Balaban J connectivity index is 2.04. The molecule has 0 saturated heterocycles. The Kier molecular flexibility index (Phi) is 3.61. The van der Waals surface area contributed by atoms with E-state index in [1.807, 2.05) is 0 Å². The number of ether oxygens (including phenoxy) is 1. The molecule has 1 heterocycles. The number of nitrogens with zero attached hydrogens (tertiary/aromatic N) is 1. The van der Waals surface area contributed by atoms with Gasteiger partial charge >= 0.3 is 5.97 Å². The molecule has 92 valence electrons. The van der Waals surface area contributed by atoms with Crippen molar-refractivity contribution in [2.24, 2.45) is 5.92 Å². The molecule has 0 amide bonds. The first kappa shape index (κ1) is 11.9. The summed E-state index contributed by atoms with van der Waals surface area (Å²) in [5, 5.41) is 0. The molecule has 1 aliphatic carbocycles. The molecule has 0 aromatic carbocycles. The number of hydrogen-bond donors (Lipinski definition) is 1. The number of rotatable bonds is 2. The first-order valence-corrected chi connectivity index (χ1v) is 6.09. The Morgan fingerprint density at radius 3 is 2.94 bits per heavy atom. The van der Waals surface area contributed by atoms with E-state index >= 15 is 0 Å². The number of anilines is 1. The summed E-state index contributed by atoms with van der Waals surface area (Å²) in [6.45, 7) is 2.13. The van der Waals surface area contributed by atoms with Crippen LogP contribution in [0.4, 0.5) is 5.69 Å². The molecule has 1 aliphatic rings. The van der Waals surface area contributed by atoms with Gasteiger partial charge in [-0.25, -0.2) is 4.79 Å². The van der Waals surface area contributed by atoms with Crippen LogP contribution < -0.4 is 5.73 Å². The molecular formula is C13H18N2O2. The van der Waals surface area contributed by atoms with Crippen molar-refractivity contribution >= 4 is 11.7 Å². The number of pyridine rings is 1. The molecular weight excluding hydrogens is 216 g/mol. The van der Waals surface area contributed by atoms with Crippen LogP contribution in [0.25, 0.3) is 0 Å². The van der Waals surface area contributed by atoms with E-state index in [0.717, 1.165) is 19.3 Å². The molecule has 4 nitrogen and oxygen atoms in total. The van der Waals surface area contributed by atoms with E-state index in [1.165, 1.54) is 12.6 Å². The van der Waals surface area contributed by atoms with Gasteiger partial charge in [-0.1, -0.05) is 13.3 Å². The Hall–Kier alpha value is -1.58. The summed E-state index contributed by atoms with van der Waals surface area (Å²) in [6, 6.07) is 1.60. The molecule has 2 rings (SSSR count). The van der Waals surface area contributed by atoms with Gasteiger partial charge in [0.05, 0.1) is 17.4 Å². The average molecular weight is 234 g/mol. The van der Waals surface area contributed by atoms with Gasteiger partial charge in [-0.15, -0.1) is 0 Å². The Morgan fingerprint density at radius 1 is 1.47 bits per heavy atom. The zero-order chi connectivity index (χ0) is 12.3. The molecule has 0 radical (unpaired) electrons. The third-order valence-corrected chi connectivity index (χ3v) is 3.36. The van der Waals surface area contributed by atoms with Crippen LogP contribution in [-0.4, -0.2) is 17.1 Å². The van der Waals surface area contributed by atoms with E-state index < -0.39 is 0 Å². The van der Waals surface area contributed by atoms with Crippen molar-refractivity contribution in [1.29, 1.82) is 0 Å². The summed E-state index contributed by atoms with van der Waals surface area (Å²) < 4.78 is 5.52. The predicted octanol–water partition coefficient (Wildman–Crippen LogP) is 2.40. The highest BCUT2D eigenvalue weighted by molar-refractivity contribution is 5.94. The van der Waals surface area contributed by atoms with Gasteiger partial charge in [-0.2, -0.15) is 0 Å². The SMILES string of the molecule is CC1CCCCC1OC(=O)c1ccncc1N. The minimum atomic E-state index is -0.330. The molecule has 1 aromatic rings. The van der Waals surface area contributed by atoms with Crippen molar-refractivity contribution in [3.63, 3.8) is 0 Å². The smallest absolute Gasteiger partial charge is 0.340 e. The normalized spacial score (nSPS) is 24.3. The van der Waals surface area contributed by atoms with Crippen LogP contribution in [0.5, 0.6) is 0 Å². The maximum atomic E-state index is 11.9. The number of hydrogen-bond acceptors (Lipinski definition) is 4. The quantitative estimate of drug-likeness (QED) is 0.798. The third kappa shape index (κ3) is 2.75. The molecule has 1 saturated carbocycles. The van der Waals surface area contributed by atoms with E-state index in [0.29, 0.717) is 17.2 Å². The first-order chi connectivity index (χ1) is 8.18. The molecule has 17 heavy (non-hydrogen) atoms. The average Bonchev–Trinajstić information content (AvgIpc) is 2.32. The molecule has 1 aromatic heterocycles. The summed E-state index contributed by atoms with van der Waals surface area (Å²) >= 11 is 0. The first-order valence-electron chi connectivity index (χ1n) is 6.09. The van der Waals surface area contributed by atoms with Gasteiger partial charge in [-0.05, 0) is 31.2 Å². The maximum Gasteiger partial charge on any atom is 0.340 e. The number of nitrogens with two attached hydrogens (primary N) is 1. The fraction of sp³-hybridized carbons (Fsp3) is 0.538. The predicted molar refractivity (Wildman–Crippen MR) is 65.5 cm³/mol. The second kappa shape index (κ2) is 5.17. The number of esters is 1. The van der Waals surface area contributed by atoms with Crippen molar-refractivity contribution in [3.05, 3.63) is 24.0 Å². The van der Waals surface area contributed by atoms with Crippen molar-refractivity contribution < 1.29 is 9.53 Å². The molecule has 0 spiro atoms. The van der Waals surface area contributed by atoms with Crippen LogP contribution in [0, 0.1) is 5.92 Å². The number of nitrogen functional groups attached to an aromatic ring is 1. The van der Waals surface area contributed by atoms with Crippen molar-refractivity contribution in [2.75, 3.05) is 5.73 Å². The minimum Gasteiger partial charge on any atom is -0.458 e. The standard InChI is InChI=1S/C13H18N2O2/c1-9-4-2-3-5-12(9)17-13(16)10-6-7-15-8-11(10)14/h6-9,12H,2-5,14H2,1H3. The molecule has 2 atom stereocenters. The maximum absolute atomic E-state index is 11.9. The number of carbonyl (C=O) groups is 1. The molecule has 2 unspecified atom stereocenters. The number of carbonyl (C=O) groups excluding carboxylic acids is 1. The fourth-order valence-electron chi connectivity index (χ4n) is 2.25. The van der Waals surface area contributed by atoms with E-state index in [9.17, 15) is 4.79 Å². The van der Waals surface area contributed by atoms with Gasteiger partial charge in [0.25, 0.3) is 0 Å². The zero-order valence-electron chi connectivity index (χ0n) is 10.1. The van der Waals surface area contributed by atoms with Crippen LogP contribution in [0.3, 0.4) is 0 Å². The fourth-order valence-corrected chi connectivity index (χ4v) is 2.25. The van der Waals surface area contributed by atoms with Gasteiger partial charge in [0.1, 0.15) is 6.10 Å². The van der Waals surface area contributed by atoms with Gasteiger partial charge in [-0.3, -0.25) is 4.98 Å². The highest BCUT2D eigenvalue weighted by Crippen LogP contribution is 2.27. The van der Waals surface area contributed by atoms with Gasteiger partial charge < -0.3 is 10.5 Å². The molecule has 2 N–H and O–H groups in total. The lowest BCUT2D eigenvalue weighted by Crippen LogP contribution is -2.28. The van der Waals surface area contributed by atoms with Gasteiger partial charge in [0, 0.05) is 6.20 Å². The Bertz CT molecular complexity index is 406.